The molecule has 0 saturated heterocycles. The zero-order valence-corrected chi connectivity index (χ0v) is 14.3. The number of aliphatic hydroxyl groups is 1. The molecule has 8 heteroatoms. The number of hydrogen-bond donors (Lipinski definition) is 3. The molecule has 0 radical (unpaired) electrons. The summed E-state index contributed by atoms with van der Waals surface area (Å²) >= 11 is 0. The van der Waals surface area contributed by atoms with Gasteiger partial charge < -0.3 is 14.9 Å². The topological polar surface area (TPSA) is 113 Å². The second-order valence-corrected chi connectivity index (χ2v) is 7.14. The molecule has 0 aromatic heterocycles. The number of sulfonamides is 1. The molecule has 2 aromatic carbocycles. The molecule has 0 aliphatic heterocycles. The summed E-state index contributed by atoms with van der Waals surface area (Å²) in [5.41, 5.74) is 0.974. The van der Waals surface area contributed by atoms with Crippen LogP contribution in [0.1, 0.15) is 12.5 Å². The summed E-state index contributed by atoms with van der Waals surface area (Å²) < 4.78 is 32.0. The smallest absolute Gasteiger partial charge is 0.324 e. The van der Waals surface area contributed by atoms with Crippen LogP contribution < -0.4 is 9.46 Å². The maximum Gasteiger partial charge on any atom is 0.324 e. The Bertz CT molecular complexity index is 803. The molecule has 3 N–H and O–H groups in total. The number of ether oxygens (including phenoxy) is 1. The molecule has 2 aromatic rings. The average Bonchev–Trinajstić information content (AvgIpc) is 2.59. The van der Waals surface area contributed by atoms with E-state index in [2.05, 4.69) is 0 Å². The van der Waals surface area contributed by atoms with E-state index in [0.29, 0.717) is 12.4 Å². The van der Waals surface area contributed by atoms with Gasteiger partial charge in [0.2, 0.25) is 10.0 Å². The summed E-state index contributed by atoms with van der Waals surface area (Å²) in [6, 6.07) is 13.4. The predicted octanol–water partition coefficient (Wildman–Crippen LogP) is 1.38. The number of rotatable bonds is 8. The Kier molecular flexibility index (Phi) is 6.13. The van der Waals surface area contributed by atoms with Gasteiger partial charge in [0.15, 0.2) is 0 Å². The Hall–Kier alpha value is -2.42. The Morgan fingerprint density at radius 3 is 2.24 bits per heavy atom. The SMILES string of the molecule is CC(O)C(NS(=O)(=O)c1ccc(OCc2ccccc2)cc1)C(=O)O. The van der Waals surface area contributed by atoms with Gasteiger partial charge >= 0.3 is 5.97 Å². The van der Waals surface area contributed by atoms with E-state index < -0.39 is 28.1 Å². The number of carbonyl (C=O) groups is 1. The fourth-order valence-corrected chi connectivity index (χ4v) is 3.31. The molecule has 0 heterocycles. The molecule has 2 unspecified atom stereocenters. The van der Waals surface area contributed by atoms with Crippen LogP contribution in [0.5, 0.6) is 5.75 Å². The van der Waals surface area contributed by atoms with E-state index in [1.54, 1.807) is 0 Å². The lowest BCUT2D eigenvalue weighted by atomic mass is 10.2. The first-order chi connectivity index (χ1) is 11.8. The zero-order valence-electron chi connectivity index (χ0n) is 13.5. The molecule has 2 atom stereocenters. The van der Waals surface area contributed by atoms with Crippen LogP contribution >= 0.6 is 0 Å². The van der Waals surface area contributed by atoms with E-state index in [4.69, 9.17) is 9.84 Å². The van der Waals surface area contributed by atoms with Gasteiger partial charge in [-0.2, -0.15) is 4.72 Å². The molecular formula is C17H19NO6S. The van der Waals surface area contributed by atoms with Crippen molar-refractivity contribution >= 4 is 16.0 Å². The van der Waals surface area contributed by atoms with E-state index in [-0.39, 0.29) is 4.90 Å². The predicted molar refractivity (Wildman–Crippen MR) is 90.6 cm³/mol. The van der Waals surface area contributed by atoms with Gasteiger partial charge in [-0.1, -0.05) is 30.3 Å². The summed E-state index contributed by atoms with van der Waals surface area (Å²) in [5.74, 6) is -0.977. The second kappa shape index (κ2) is 8.11. The first-order valence-electron chi connectivity index (χ1n) is 7.49. The summed E-state index contributed by atoms with van der Waals surface area (Å²) in [6.07, 6.45) is -1.37. The average molecular weight is 365 g/mol. The molecule has 0 saturated carbocycles. The highest BCUT2D eigenvalue weighted by molar-refractivity contribution is 7.89. The van der Waals surface area contributed by atoms with E-state index in [9.17, 15) is 18.3 Å². The van der Waals surface area contributed by atoms with Crippen molar-refractivity contribution in [3.8, 4) is 5.75 Å². The van der Waals surface area contributed by atoms with Crippen LogP contribution in [-0.2, 0) is 21.4 Å². The lowest BCUT2D eigenvalue weighted by molar-refractivity contribution is -0.141. The maximum absolute atomic E-state index is 12.2. The van der Waals surface area contributed by atoms with Gasteiger partial charge in [0.05, 0.1) is 11.0 Å². The highest BCUT2D eigenvalue weighted by Crippen LogP contribution is 2.18. The van der Waals surface area contributed by atoms with Crippen LogP contribution in [0, 0.1) is 0 Å². The molecule has 0 spiro atoms. The van der Waals surface area contributed by atoms with Crippen molar-refractivity contribution in [1.82, 2.24) is 4.72 Å². The molecule has 0 aliphatic rings. The van der Waals surface area contributed by atoms with Crippen LogP contribution in [0.4, 0.5) is 0 Å². The third-order valence-corrected chi connectivity index (χ3v) is 4.87. The Morgan fingerprint density at radius 1 is 1.12 bits per heavy atom. The van der Waals surface area contributed by atoms with Crippen molar-refractivity contribution in [3.63, 3.8) is 0 Å². The van der Waals surface area contributed by atoms with Gasteiger partial charge in [-0.15, -0.1) is 0 Å². The van der Waals surface area contributed by atoms with E-state index in [0.717, 1.165) is 5.56 Å². The van der Waals surface area contributed by atoms with Crippen molar-refractivity contribution in [2.24, 2.45) is 0 Å². The van der Waals surface area contributed by atoms with E-state index in [1.807, 2.05) is 35.1 Å². The third-order valence-electron chi connectivity index (χ3n) is 3.41. The summed E-state index contributed by atoms with van der Waals surface area (Å²) in [7, 11) is -4.08. The first-order valence-corrected chi connectivity index (χ1v) is 8.98. The van der Waals surface area contributed by atoms with Gasteiger partial charge in [-0.05, 0) is 36.8 Å². The molecule has 25 heavy (non-hydrogen) atoms. The third kappa shape index (κ3) is 5.28. The first kappa shape index (κ1) is 18.9. The minimum Gasteiger partial charge on any atom is -0.489 e. The van der Waals surface area contributed by atoms with Crippen LogP contribution in [0.3, 0.4) is 0 Å². The van der Waals surface area contributed by atoms with Crippen molar-refractivity contribution in [2.75, 3.05) is 0 Å². The molecule has 134 valence electrons. The summed E-state index contributed by atoms with van der Waals surface area (Å²) in [4.78, 5) is 10.9. The lowest BCUT2D eigenvalue weighted by Gasteiger charge is -2.17. The highest BCUT2D eigenvalue weighted by Gasteiger charge is 2.29. The molecule has 0 aliphatic carbocycles. The number of hydrogen-bond acceptors (Lipinski definition) is 5. The summed E-state index contributed by atoms with van der Waals surface area (Å²) in [6.45, 7) is 1.54. The van der Waals surface area contributed by atoms with Crippen molar-refractivity contribution in [2.45, 2.75) is 30.6 Å². The van der Waals surface area contributed by atoms with Crippen molar-refractivity contribution in [3.05, 3.63) is 60.2 Å². The van der Waals surface area contributed by atoms with Gasteiger partial charge in [0, 0.05) is 0 Å². The molecule has 7 nitrogen and oxygen atoms in total. The Labute approximate surface area is 145 Å². The summed E-state index contributed by atoms with van der Waals surface area (Å²) in [5, 5.41) is 18.4. The van der Waals surface area contributed by atoms with Gasteiger partial charge in [0.1, 0.15) is 18.4 Å². The quantitative estimate of drug-likeness (QED) is 0.651. The minimum absolute atomic E-state index is 0.119. The van der Waals surface area contributed by atoms with Gasteiger partial charge in [0.25, 0.3) is 0 Å². The molecule has 0 bridgehead atoms. The van der Waals surface area contributed by atoms with Crippen LogP contribution in [-0.4, -0.2) is 36.7 Å². The largest absolute Gasteiger partial charge is 0.489 e. The van der Waals surface area contributed by atoms with Crippen LogP contribution in [0.25, 0.3) is 0 Å². The standard InChI is InChI=1S/C17H19NO6S/c1-12(19)16(17(20)21)18-25(22,23)15-9-7-14(8-10-15)24-11-13-5-3-2-4-6-13/h2-10,12,16,18-19H,11H2,1H3,(H,20,21). The number of aliphatic carboxylic acids is 1. The van der Waals surface area contributed by atoms with Gasteiger partial charge in [-0.3, -0.25) is 4.79 Å². The van der Waals surface area contributed by atoms with Crippen molar-refractivity contribution < 1.29 is 28.2 Å². The zero-order chi connectivity index (χ0) is 18.4. The Balaban J connectivity index is 2.06. The molecule has 0 fully saturated rings. The minimum atomic E-state index is -4.08. The lowest BCUT2D eigenvalue weighted by Crippen LogP contribution is -2.47. The number of carboxylic acid groups (broad SMARTS) is 1. The number of aliphatic hydroxyl groups excluding tert-OH is 1. The Morgan fingerprint density at radius 2 is 1.72 bits per heavy atom. The van der Waals surface area contributed by atoms with Crippen LogP contribution in [0.15, 0.2) is 59.5 Å². The normalized spacial score (nSPS) is 13.8. The van der Waals surface area contributed by atoms with E-state index in [1.165, 1.54) is 31.2 Å². The fourth-order valence-electron chi connectivity index (χ4n) is 2.05. The monoisotopic (exact) mass is 365 g/mol. The van der Waals surface area contributed by atoms with Gasteiger partial charge in [-0.25, -0.2) is 8.42 Å². The number of carboxylic acids is 1. The fraction of sp³-hybridized carbons (Fsp3) is 0.235. The molecule has 0 amide bonds. The number of benzene rings is 2. The molecular weight excluding hydrogens is 346 g/mol. The number of nitrogens with one attached hydrogen (secondary N) is 1. The van der Waals surface area contributed by atoms with Crippen LogP contribution in [0.2, 0.25) is 0 Å². The maximum atomic E-state index is 12.2. The molecule has 2 rings (SSSR count). The highest BCUT2D eigenvalue weighted by atomic mass is 32.2. The second-order valence-electron chi connectivity index (χ2n) is 5.42. The van der Waals surface area contributed by atoms with Crippen molar-refractivity contribution in [1.29, 1.82) is 0 Å². The van der Waals surface area contributed by atoms with E-state index >= 15 is 0 Å².